The molecular weight excluding hydrogens is 85.0 g/mol. The predicted molar refractivity (Wildman–Crippen MR) is 15.3 cm³/mol. The molecule has 5 heavy (non-hydrogen) atoms. The van der Waals surface area contributed by atoms with Crippen LogP contribution in [0.4, 0.5) is 0 Å². The summed E-state index contributed by atoms with van der Waals surface area (Å²) in [4.78, 5) is 11.1. The third-order valence-corrected chi connectivity index (χ3v) is 0.0333. The topological polar surface area (TPSA) is 58.9 Å². The fourth-order valence-electron chi connectivity index (χ4n) is 0. The minimum Gasteiger partial charge on any atom is -0.184 e. The summed E-state index contributed by atoms with van der Waals surface area (Å²) < 4.78 is 0. The van der Waals surface area contributed by atoms with Gasteiger partial charge >= 0.3 is 0 Å². The van der Waals surface area contributed by atoms with Crippen molar-refractivity contribution in [1.82, 2.24) is 0 Å². The van der Waals surface area contributed by atoms with Crippen LogP contribution in [0.25, 0.3) is 0 Å². The second-order valence-corrected chi connectivity index (χ2v) is 0.156. The first-order chi connectivity index (χ1) is 1.91. The van der Waals surface area contributed by atoms with Crippen molar-refractivity contribution < 1.29 is 10.2 Å². The molecule has 0 saturated carbocycles. The van der Waals surface area contributed by atoms with E-state index in [1.54, 1.807) is 5.34 Å². The van der Waals surface area contributed by atoms with Gasteiger partial charge in [0.1, 0.15) is 0 Å². The van der Waals surface area contributed by atoms with E-state index in [-0.39, 0.29) is 29.6 Å². The van der Waals surface area contributed by atoms with Gasteiger partial charge < -0.3 is 0 Å². The monoisotopic (exact) mass is 86.0 g/mol. The zero-order chi connectivity index (χ0) is 3.41. The van der Waals surface area contributed by atoms with Crippen LogP contribution in [0, 0.1) is 4.91 Å². The third kappa shape index (κ3) is 13.1. The summed E-state index contributed by atoms with van der Waals surface area (Å²) in [5.41, 5.74) is 0. The van der Waals surface area contributed by atoms with E-state index in [0.29, 0.717) is 0 Å². The molecular formula is HNNaO3. The second kappa shape index (κ2) is 8.84. The Bertz CT molecular complexity index is 20.9. The van der Waals surface area contributed by atoms with Gasteiger partial charge in [-0.3, -0.25) is 0 Å². The summed E-state index contributed by atoms with van der Waals surface area (Å²) >= 11 is 0. The van der Waals surface area contributed by atoms with Crippen molar-refractivity contribution >= 4 is 29.6 Å². The Labute approximate surface area is 50.3 Å². The molecule has 0 atom stereocenters. The standard InChI is InChI=1S/HNO3.Na/c2-1-4-3;/h3H;. The summed E-state index contributed by atoms with van der Waals surface area (Å²) in [7, 11) is 0. The largest absolute Gasteiger partial charge is 0.190 e. The maximum absolute atomic E-state index is 8.45. The Morgan fingerprint density at radius 3 is 2.00 bits per heavy atom. The van der Waals surface area contributed by atoms with Gasteiger partial charge in [0.25, 0.3) is 0 Å². The normalized spacial score (nSPS) is 4.20. The summed E-state index contributed by atoms with van der Waals surface area (Å²) in [6, 6.07) is 0. The average Bonchev–Trinajstić information content (AvgIpc) is 1.37. The first-order valence-electron chi connectivity index (χ1n) is 0.548. The molecule has 0 rings (SSSR count). The third-order valence-electron chi connectivity index (χ3n) is 0.0333. The van der Waals surface area contributed by atoms with Crippen LogP contribution in [-0.2, 0) is 4.99 Å². The van der Waals surface area contributed by atoms with E-state index in [2.05, 4.69) is 4.99 Å². The van der Waals surface area contributed by atoms with Gasteiger partial charge in [-0.25, -0.2) is 0 Å². The van der Waals surface area contributed by atoms with Gasteiger partial charge in [-0.05, 0) is 0 Å². The van der Waals surface area contributed by atoms with Crippen LogP contribution in [0.1, 0.15) is 0 Å². The molecule has 25 valence electrons. The summed E-state index contributed by atoms with van der Waals surface area (Å²) in [5, 5.41) is 8.44. The molecule has 0 aromatic heterocycles. The summed E-state index contributed by atoms with van der Waals surface area (Å²) in [6.07, 6.45) is 0. The number of hydrogen-bond acceptors (Lipinski definition) is 4. The van der Waals surface area contributed by atoms with E-state index < -0.39 is 0 Å². The van der Waals surface area contributed by atoms with Crippen molar-refractivity contribution in [3.8, 4) is 0 Å². The Balaban J connectivity index is 0. The molecule has 0 aromatic rings. The maximum Gasteiger partial charge on any atom is 0.190 e. The molecule has 0 unspecified atom stereocenters. The van der Waals surface area contributed by atoms with E-state index in [1.807, 2.05) is 0 Å². The molecule has 0 heterocycles. The molecule has 0 fully saturated rings. The SMILES string of the molecule is O=NOO.[Na]. The van der Waals surface area contributed by atoms with E-state index in [0.717, 1.165) is 0 Å². The van der Waals surface area contributed by atoms with Gasteiger partial charge in [0.2, 0.25) is 0 Å². The van der Waals surface area contributed by atoms with Crippen molar-refractivity contribution in [2.75, 3.05) is 0 Å². The number of rotatable bonds is 1. The zero-order valence-corrected chi connectivity index (χ0v) is 4.71. The first-order valence-corrected chi connectivity index (χ1v) is 0.548. The van der Waals surface area contributed by atoms with Crippen LogP contribution in [0.5, 0.6) is 0 Å². The molecule has 0 amide bonds. The minimum atomic E-state index is 0. The van der Waals surface area contributed by atoms with Crippen molar-refractivity contribution in [2.45, 2.75) is 0 Å². The second-order valence-electron chi connectivity index (χ2n) is 0.156. The quantitative estimate of drug-likeness (QED) is 0.207. The molecule has 0 aliphatic rings. The number of hydrogen-bond donors (Lipinski definition) is 1. The molecule has 1 N–H and O–H groups in total. The average molecular weight is 86.0 g/mol. The Morgan fingerprint density at radius 1 is 1.80 bits per heavy atom. The van der Waals surface area contributed by atoms with Crippen LogP contribution in [0.15, 0.2) is 5.34 Å². The van der Waals surface area contributed by atoms with Crippen LogP contribution in [-0.4, -0.2) is 34.8 Å². The fourth-order valence-corrected chi connectivity index (χ4v) is 0. The molecule has 1 radical (unpaired) electrons. The van der Waals surface area contributed by atoms with Crippen LogP contribution >= 0.6 is 0 Å². The Hall–Kier alpha value is 0.360. The van der Waals surface area contributed by atoms with E-state index in [1.165, 1.54) is 0 Å². The molecule has 0 bridgehead atoms. The molecule has 0 aromatic carbocycles. The van der Waals surface area contributed by atoms with Crippen LogP contribution in [0.2, 0.25) is 0 Å². The van der Waals surface area contributed by atoms with Gasteiger partial charge in [-0.1, -0.05) is 0 Å². The van der Waals surface area contributed by atoms with Gasteiger partial charge in [-0.15, -0.1) is 4.91 Å². The smallest absolute Gasteiger partial charge is 0.184 e. The molecule has 5 heteroatoms. The van der Waals surface area contributed by atoms with Crippen molar-refractivity contribution in [1.29, 1.82) is 0 Å². The van der Waals surface area contributed by atoms with E-state index >= 15 is 0 Å². The van der Waals surface area contributed by atoms with Gasteiger partial charge in [0.05, 0.1) is 0 Å². The first kappa shape index (κ1) is 9.03. The fraction of sp³-hybridized carbons (Fsp3) is 0. The maximum atomic E-state index is 8.45. The van der Waals surface area contributed by atoms with Crippen molar-refractivity contribution in [3.63, 3.8) is 0 Å². The van der Waals surface area contributed by atoms with Gasteiger partial charge in [-0.2, -0.15) is 10.2 Å². The van der Waals surface area contributed by atoms with E-state index in [4.69, 9.17) is 10.2 Å². The van der Waals surface area contributed by atoms with Gasteiger partial charge in [0.15, 0.2) is 5.34 Å². The molecule has 0 aliphatic heterocycles. The Kier molecular flexibility index (Phi) is 16.0. The number of nitrogens with zero attached hydrogens (tertiary/aromatic N) is 1. The van der Waals surface area contributed by atoms with Crippen molar-refractivity contribution in [2.24, 2.45) is 5.34 Å². The molecule has 4 nitrogen and oxygen atoms in total. The van der Waals surface area contributed by atoms with E-state index in [9.17, 15) is 0 Å². The van der Waals surface area contributed by atoms with Crippen LogP contribution < -0.4 is 0 Å². The zero-order valence-electron chi connectivity index (χ0n) is 2.71. The Morgan fingerprint density at radius 2 is 2.00 bits per heavy atom. The van der Waals surface area contributed by atoms with Crippen LogP contribution in [0.3, 0.4) is 0 Å². The molecule has 0 spiro atoms. The predicted octanol–water partition coefficient (Wildman–Crippen LogP) is -0.223. The van der Waals surface area contributed by atoms with Gasteiger partial charge in [0, 0.05) is 29.6 Å². The summed E-state index contributed by atoms with van der Waals surface area (Å²) in [5.74, 6) is 0. The molecule has 0 aliphatic carbocycles. The van der Waals surface area contributed by atoms with Crippen molar-refractivity contribution in [3.05, 3.63) is 4.91 Å². The molecule has 0 saturated heterocycles. The minimum absolute atomic E-state index is 0. The summed E-state index contributed by atoms with van der Waals surface area (Å²) in [6.45, 7) is 0.